The zero-order chi connectivity index (χ0) is 21.4. The Balaban J connectivity index is 0.000000523. The molecular weight excluding hydrogens is 418 g/mol. The van der Waals surface area contributed by atoms with Crippen molar-refractivity contribution in [2.24, 2.45) is 11.8 Å². The molecule has 0 saturated heterocycles. The van der Waals surface area contributed by atoms with Crippen LogP contribution >= 0.6 is 0 Å². The molecule has 2 N–H and O–H groups in total. The van der Waals surface area contributed by atoms with Gasteiger partial charge in [-0.05, 0) is 89.2 Å². The zero-order valence-electron chi connectivity index (χ0n) is 19.0. The number of carbonyl (C=O) groups is 2. The van der Waals surface area contributed by atoms with Crippen molar-refractivity contribution in [1.29, 1.82) is 0 Å². The van der Waals surface area contributed by atoms with Gasteiger partial charge in [-0.3, -0.25) is 0 Å². The van der Waals surface area contributed by atoms with E-state index in [1.807, 2.05) is 39.8 Å². The van der Waals surface area contributed by atoms with Crippen LogP contribution in [0.5, 0.6) is 0 Å². The minimum absolute atomic E-state index is 0. The first kappa shape index (κ1) is 27.5. The van der Waals surface area contributed by atoms with Crippen LogP contribution in [-0.2, 0) is 29.1 Å². The first-order chi connectivity index (χ1) is 13.0. The predicted octanol–water partition coefficient (Wildman–Crippen LogP) is 6.31. The summed E-state index contributed by atoms with van der Waals surface area (Å²) in [7, 11) is 0. The van der Waals surface area contributed by atoms with Crippen LogP contribution in [0.3, 0.4) is 0 Å². The molecule has 2 unspecified atom stereocenters. The summed E-state index contributed by atoms with van der Waals surface area (Å²) in [5, 5.41) is 18.1. The molecule has 0 aromatic rings. The molecule has 2 atom stereocenters. The van der Waals surface area contributed by atoms with Crippen LogP contribution in [0.1, 0.15) is 80.1 Å². The van der Waals surface area contributed by atoms with Crippen molar-refractivity contribution in [2.75, 3.05) is 0 Å². The molecule has 158 valence electrons. The molecule has 0 bridgehead atoms. The Kier molecular flexibility index (Phi) is 12.3. The van der Waals surface area contributed by atoms with E-state index in [0.717, 1.165) is 49.7 Å². The zero-order valence-corrected chi connectivity index (χ0v) is 21.9. The third-order valence-electron chi connectivity index (χ3n) is 5.29. The van der Waals surface area contributed by atoms with E-state index in [1.54, 1.807) is 0 Å². The van der Waals surface area contributed by atoms with Crippen LogP contribution in [0.25, 0.3) is 0 Å². The minimum Gasteiger partial charge on any atom is -0.478 e. The number of carboxylic acid groups (broad SMARTS) is 2. The van der Waals surface area contributed by atoms with E-state index >= 15 is 0 Å². The largest absolute Gasteiger partial charge is 0.478 e. The molecule has 0 spiro atoms. The van der Waals surface area contributed by atoms with Crippen LogP contribution in [0.4, 0.5) is 0 Å². The van der Waals surface area contributed by atoms with Crippen molar-refractivity contribution in [3.05, 3.63) is 45.6 Å². The van der Waals surface area contributed by atoms with Crippen molar-refractivity contribution in [1.82, 2.24) is 0 Å². The van der Waals surface area contributed by atoms with Crippen LogP contribution in [-0.4, -0.2) is 22.2 Å². The summed E-state index contributed by atoms with van der Waals surface area (Å²) in [6.07, 6.45) is 9.70. The fourth-order valence-electron chi connectivity index (χ4n) is 3.91. The number of hydrogen-bond donors (Lipinski definition) is 2. The fourth-order valence-corrected chi connectivity index (χ4v) is 3.91. The van der Waals surface area contributed by atoms with E-state index in [0.29, 0.717) is 23.0 Å². The van der Waals surface area contributed by atoms with Gasteiger partial charge in [-0.1, -0.05) is 37.1 Å². The second-order valence-corrected chi connectivity index (χ2v) is 8.51. The van der Waals surface area contributed by atoms with Gasteiger partial charge < -0.3 is 10.2 Å². The first-order valence-electron chi connectivity index (χ1n) is 10.3. The molecule has 0 radical (unpaired) electrons. The Morgan fingerprint density at radius 3 is 1.31 bits per heavy atom. The summed E-state index contributed by atoms with van der Waals surface area (Å²) >= 11 is 0. The number of aliphatic carboxylic acids is 2. The fraction of sp³-hybridized carbons (Fsp3) is 0.583. The molecule has 29 heavy (non-hydrogen) atoms. The summed E-state index contributed by atoms with van der Waals surface area (Å²) < 4.78 is 0. The van der Waals surface area contributed by atoms with Crippen molar-refractivity contribution >= 4 is 11.9 Å². The van der Waals surface area contributed by atoms with Gasteiger partial charge in [0.05, 0.1) is 0 Å². The molecule has 2 rings (SSSR count). The van der Waals surface area contributed by atoms with Crippen LogP contribution in [0.2, 0.25) is 0 Å². The minimum atomic E-state index is -0.746. The molecule has 2 aliphatic rings. The second-order valence-electron chi connectivity index (χ2n) is 8.51. The molecule has 0 heterocycles. The van der Waals surface area contributed by atoms with Gasteiger partial charge in [0.1, 0.15) is 0 Å². The smallest absolute Gasteiger partial charge is 0.331 e. The molecule has 4 nitrogen and oxygen atoms in total. The van der Waals surface area contributed by atoms with E-state index in [9.17, 15) is 9.59 Å². The molecule has 0 fully saturated rings. The van der Waals surface area contributed by atoms with Gasteiger partial charge in [-0.2, -0.15) is 0 Å². The van der Waals surface area contributed by atoms with Crippen LogP contribution in [0.15, 0.2) is 45.6 Å². The third-order valence-corrected chi connectivity index (χ3v) is 5.29. The van der Waals surface area contributed by atoms with Gasteiger partial charge in [-0.25, -0.2) is 9.59 Å². The monoisotopic (exact) mass is 452 g/mol. The van der Waals surface area contributed by atoms with E-state index in [-0.39, 0.29) is 19.5 Å². The van der Waals surface area contributed by atoms with Crippen LogP contribution in [0, 0.1) is 11.8 Å². The normalized spacial score (nSPS) is 21.3. The van der Waals surface area contributed by atoms with E-state index in [2.05, 4.69) is 13.8 Å². The molecular formula is C24H36O4Zn. The number of carboxylic acids is 2. The molecule has 0 saturated carbocycles. The Labute approximate surface area is 188 Å². The number of allylic oxidation sites excluding steroid dienone is 6. The van der Waals surface area contributed by atoms with Gasteiger partial charge in [0.15, 0.2) is 0 Å². The third kappa shape index (κ3) is 8.82. The summed E-state index contributed by atoms with van der Waals surface area (Å²) in [6, 6.07) is 0. The summed E-state index contributed by atoms with van der Waals surface area (Å²) in [5.41, 5.74) is 5.64. The van der Waals surface area contributed by atoms with E-state index in [1.165, 1.54) is 11.1 Å². The molecule has 0 aromatic heterocycles. The maximum Gasteiger partial charge on any atom is 0.331 e. The van der Waals surface area contributed by atoms with Crippen molar-refractivity contribution in [2.45, 2.75) is 80.1 Å². The molecule has 0 amide bonds. The van der Waals surface area contributed by atoms with Crippen molar-refractivity contribution in [3.8, 4) is 0 Å². The average molecular weight is 454 g/mol. The maximum absolute atomic E-state index is 11.0. The van der Waals surface area contributed by atoms with Crippen LogP contribution < -0.4 is 0 Å². The van der Waals surface area contributed by atoms with E-state index < -0.39 is 11.9 Å². The predicted molar refractivity (Wildman–Crippen MR) is 114 cm³/mol. The Bertz CT molecular complexity index is 655. The molecule has 5 heteroatoms. The standard InChI is InChI=1S/2C12H18O2.Zn/c2*1-8(2)7-11-9(3)5-4-6-10(11)12(13)14;/h2*7,9H,4-6H2,1-3H3,(H,13,14);. The van der Waals surface area contributed by atoms with Gasteiger partial charge in [0.25, 0.3) is 0 Å². The topological polar surface area (TPSA) is 74.6 Å². The summed E-state index contributed by atoms with van der Waals surface area (Å²) in [5.74, 6) is -0.706. The second kappa shape index (κ2) is 13.0. The average Bonchev–Trinajstić information content (AvgIpc) is 2.58. The van der Waals surface area contributed by atoms with Crippen molar-refractivity contribution < 1.29 is 39.3 Å². The Hall–Kier alpha value is -1.48. The van der Waals surface area contributed by atoms with Gasteiger partial charge in [0.2, 0.25) is 0 Å². The quantitative estimate of drug-likeness (QED) is 0.489. The van der Waals surface area contributed by atoms with Crippen molar-refractivity contribution in [3.63, 3.8) is 0 Å². The SMILES string of the molecule is CC(C)=CC1=C(C(=O)O)CCCC1C.CC(C)=CC1=C(C(=O)O)CCCC1C.[Zn]. The summed E-state index contributed by atoms with van der Waals surface area (Å²) in [4.78, 5) is 22.0. The number of hydrogen-bond acceptors (Lipinski definition) is 2. The summed E-state index contributed by atoms with van der Waals surface area (Å²) in [6.45, 7) is 12.2. The Morgan fingerprint density at radius 1 is 0.759 bits per heavy atom. The van der Waals surface area contributed by atoms with Gasteiger partial charge in [0, 0.05) is 30.6 Å². The first-order valence-corrected chi connectivity index (χ1v) is 10.3. The molecule has 2 aliphatic carbocycles. The number of rotatable bonds is 4. The molecule has 0 aromatic carbocycles. The maximum atomic E-state index is 11.0. The Morgan fingerprint density at radius 2 is 1.07 bits per heavy atom. The van der Waals surface area contributed by atoms with E-state index in [4.69, 9.17) is 10.2 Å². The van der Waals surface area contributed by atoms with Gasteiger partial charge in [-0.15, -0.1) is 0 Å². The molecule has 0 aliphatic heterocycles. The van der Waals surface area contributed by atoms with Gasteiger partial charge >= 0.3 is 11.9 Å².